The Morgan fingerprint density at radius 2 is 1.80 bits per heavy atom. The molecule has 0 N–H and O–H groups in total. The van der Waals surface area contributed by atoms with Crippen LogP contribution >= 0.6 is 0 Å². The fourth-order valence-electron chi connectivity index (χ4n) is 2.58. The van der Waals surface area contributed by atoms with Gasteiger partial charge in [-0.1, -0.05) is 31.2 Å². The number of hydrogen-bond acceptors (Lipinski definition) is 3. The minimum atomic E-state index is -3.08. The van der Waals surface area contributed by atoms with Gasteiger partial charge in [0.05, 0.1) is 11.4 Å². The molecular weight excluding hydrogens is 274 g/mol. The van der Waals surface area contributed by atoms with Crippen LogP contribution in [-0.4, -0.2) is 32.4 Å². The Hall–Kier alpha value is -1.88. The van der Waals surface area contributed by atoms with Crippen molar-refractivity contribution >= 4 is 32.2 Å². The molecule has 0 atom stereocenters. The summed E-state index contributed by atoms with van der Waals surface area (Å²) in [5, 5.41) is 1.93. The second-order valence-corrected chi connectivity index (χ2v) is 7.35. The quantitative estimate of drug-likeness (QED) is 0.867. The number of carbonyl (C=O) groups excluding carboxylic acids is 1. The van der Waals surface area contributed by atoms with E-state index in [9.17, 15) is 13.2 Å². The van der Waals surface area contributed by atoms with Gasteiger partial charge in [0.1, 0.15) is 0 Å². The summed E-state index contributed by atoms with van der Waals surface area (Å²) >= 11 is 0. The van der Waals surface area contributed by atoms with E-state index in [1.54, 1.807) is 17.9 Å². The second kappa shape index (κ2) is 4.59. The van der Waals surface area contributed by atoms with Crippen molar-refractivity contribution in [1.29, 1.82) is 0 Å². The largest absolute Gasteiger partial charge is 0.307 e. The summed E-state index contributed by atoms with van der Waals surface area (Å²) < 4.78 is 23.3. The number of hydrogen-bond donors (Lipinski definition) is 0. The molecule has 1 aliphatic rings. The zero-order valence-electron chi connectivity index (χ0n) is 11.2. The maximum Gasteiger partial charge on any atom is 0.259 e. The van der Waals surface area contributed by atoms with Crippen molar-refractivity contribution in [2.75, 3.05) is 23.0 Å². The molecule has 1 amide bonds. The molecular formula is C15H15NO3S. The number of sulfone groups is 1. The third kappa shape index (κ3) is 1.98. The molecule has 4 nitrogen and oxygen atoms in total. The van der Waals surface area contributed by atoms with Crippen LogP contribution in [0, 0.1) is 0 Å². The smallest absolute Gasteiger partial charge is 0.259 e. The molecule has 0 fully saturated rings. The van der Waals surface area contributed by atoms with Crippen LogP contribution in [0.15, 0.2) is 36.4 Å². The van der Waals surface area contributed by atoms with Gasteiger partial charge in [-0.15, -0.1) is 0 Å². The summed E-state index contributed by atoms with van der Waals surface area (Å²) in [6.45, 7) is 1.83. The number of carbonyl (C=O) groups is 1. The molecule has 3 rings (SSSR count). The lowest BCUT2D eigenvalue weighted by Gasteiger charge is -2.17. The molecule has 104 valence electrons. The van der Waals surface area contributed by atoms with Gasteiger partial charge in [-0.2, -0.15) is 0 Å². The van der Waals surface area contributed by atoms with Crippen LogP contribution in [0.25, 0.3) is 10.8 Å². The van der Waals surface area contributed by atoms with Gasteiger partial charge in [0.25, 0.3) is 5.91 Å². The van der Waals surface area contributed by atoms with Crippen LogP contribution in [0.2, 0.25) is 0 Å². The maximum atomic E-state index is 12.4. The SMILES string of the molecule is CCS(=O)(=O)CCN1C(=O)c2cccc3cccc1c23. The molecule has 0 radical (unpaired) electrons. The van der Waals surface area contributed by atoms with Gasteiger partial charge in [0.15, 0.2) is 9.84 Å². The fourth-order valence-corrected chi connectivity index (χ4v) is 3.33. The summed E-state index contributed by atoms with van der Waals surface area (Å²) in [5.74, 6) is -0.00527. The Labute approximate surface area is 117 Å². The van der Waals surface area contributed by atoms with Gasteiger partial charge in [-0.25, -0.2) is 8.42 Å². The molecule has 0 saturated carbocycles. The van der Waals surface area contributed by atoms with Crippen molar-refractivity contribution in [3.63, 3.8) is 0 Å². The maximum absolute atomic E-state index is 12.4. The van der Waals surface area contributed by atoms with Gasteiger partial charge >= 0.3 is 0 Å². The predicted octanol–water partition coefficient (Wildman–Crippen LogP) is 2.23. The van der Waals surface area contributed by atoms with Gasteiger partial charge < -0.3 is 4.90 Å². The second-order valence-electron chi connectivity index (χ2n) is 4.87. The number of benzene rings is 2. The zero-order valence-corrected chi connectivity index (χ0v) is 12.0. The first-order valence-electron chi connectivity index (χ1n) is 6.57. The summed E-state index contributed by atoms with van der Waals surface area (Å²) in [6.07, 6.45) is 0. The Morgan fingerprint density at radius 1 is 1.10 bits per heavy atom. The normalized spacial score (nSPS) is 14.2. The van der Waals surface area contributed by atoms with Crippen LogP contribution in [-0.2, 0) is 9.84 Å². The molecule has 0 aromatic heterocycles. The van der Waals surface area contributed by atoms with Crippen LogP contribution in [0.5, 0.6) is 0 Å². The lowest BCUT2D eigenvalue weighted by Crippen LogP contribution is -2.32. The summed E-state index contributed by atoms with van der Waals surface area (Å²) in [5.41, 5.74) is 1.47. The Bertz CT molecular complexity index is 791. The van der Waals surface area contributed by atoms with Crippen molar-refractivity contribution in [1.82, 2.24) is 0 Å². The van der Waals surface area contributed by atoms with Gasteiger partial charge in [0, 0.05) is 23.2 Å². The summed E-state index contributed by atoms with van der Waals surface area (Å²) in [6, 6.07) is 11.3. The highest BCUT2D eigenvalue weighted by Gasteiger charge is 2.29. The first-order chi connectivity index (χ1) is 9.53. The molecule has 5 heteroatoms. The van der Waals surface area contributed by atoms with Gasteiger partial charge in [-0.05, 0) is 17.5 Å². The van der Waals surface area contributed by atoms with Gasteiger partial charge in [-0.3, -0.25) is 4.79 Å². The Balaban J connectivity index is 2.01. The fraction of sp³-hybridized carbons (Fsp3) is 0.267. The van der Waals surface area contributed by atoms with Crippen molar-refractivity contribution < 1.29 is 13.2 Å². The van der Waals surface area contributed by atoms with E-state index in [0.717, 1.165) is 16.5 Å². The Kier molecular flexibility index (Phi) is 3.01. The first-order valence-corrected chi connectivity index (χ1v) is 8.39. The first kappa shape index (κ1) is 13.1. The van der Waals surface area contributed by atoms with Crippen molar-refractivity contribution in [3.05, 3.63) is 42.0 Å². The van der Waals surface area contributed by atoms with E-state index >= 15 is 0 Å². The van der Waals surface area contributed by atoms with Gasteiger partial charge in [0.2, 0.25) is 0 Å². The monoisotopic (exact) mass is 289 g/mol. The molecule has 0 saturated heterocycles. The number of rotatable bonds is 4. The molecule has 0 spiro atoms. The van der Waals surface area contributed by atoms with E-state index in [-0.39, 0.29) is 24.0 Å². The molecule has 1 heterocycles. The van der Waals surface area contributed by atoms with Crippen molar-refractivity contribution in [3.8, 4) is 0 Å². The van der Waals surface area contributed by atoms with Crippen molar-refractivity contribution in [2.24, 2.45) is 0 Å². The van der Waals surface area contributed by atoms with Crippen LogP contribution < -0.4 is 4.90 Å². The van der Waals surface area contributed by atoms with Crippen LogP contribution in [0.4, 0.5) is 5.69 Å². The average molecular weight is 289 g/mol. The molecule has 0 unspecified atom stereocenters. The number of anilines is 1. The standard InChI is InChI=1S/C15H15NO3S/c1-2-20(18,19)10-9-16-13-8-4-6-11-5-3-7-12(14(11)13)15(16)17/h3-8H,2,9-10H2,1H3. The van der Waals surface area contributed by atoms with E-state index in [4.69, 9.17) is 0 Å². The third-order valence-corrected chi connectivity index (χ3v) is 5.40. The number of nitrogens with zero attached hydrogens (tertiary/aromatic N) is 1. The van der Waals surface area contributed by atoms with E-state index < -0.39 is 9.84 Å². The van der Waals surface area contributed by atoms with E-state index in [1.165, 1.54) is 0 Å². The lowest BCUT2D eigenvalue weighted by molar-refractivity contribution is 0.0994. The average Bonchev–Trinajstić information content (AvgIpc) is 2.73. The van der Waals surface area contributed by atoms with E-state index in [2.05, 4.69) is 0 Å². The highest BCUT2D eigenvalue weighted by molar-refractivity contribution is 7.91. The highest BCUT2D eigenvalue weighted by Crippen LogP contribution is 2.36. The van der Waals surface area contributed by atoms with E-state index in [0.29, 0.717) is 5.56 Å². The molecule has 0 bridgehead atoms. The summed E-state index contributed by atoms with van der Waals surface area (Å²) in [7, 11) is -3.08. The molecule has 2 aromatic rings. The molecule has 1 aliphatic heterocycles. The summed E-state index contributed by atoms with van der Waals surface area (Å²) in [4.78, 5) is 14.0. The molecule has 20 heavy (non-hydrogen) atoms. The minimum Gasteiger partial charge on any atom is -0.307 e. The molecule has 2 aromatic carbocycles. The topological polar surface area (TPSA) is 54.5 Å². The highest BCUT2D eigenvalue weighted by atomic mass is 32.2. The van der Waals surface area contributed by atoms with Crippen molar-refractivity contribution in [2.45, 2.75) is 6.92 Å². The number of amides is 1. The lowest BCUT2D eigenvalue weighted by atomic mass is 10.1. The van der Waals surface area contributed by atoms with Crippen LogP contribution in [0.1, 0.15) is 17.3 Å². The predicted molar refractivity (Wildman–Crippen MR) is 80.0 cm³/mol. The molecule has 0 aliphatic carbocycles. The van der Waals surface area contributed by atoms with Crippen LogP contribution in [0.3, 0.4) is 0 Å². The Morgan fingerprint density at radius 3 is 2.50 bits per heavy atom. The third-order valence-electron chi connectivity index (χ3n) is 3.71. The van der Waals surface area contributed by atoms with E-state index in [1.807, 2.05) is 30.3 Å². The zero-order chi connectivity index (χ0) is 14.3. The minimum absolute atomic E-state index is 0.000381.